The van der Waals surface area contributed by atoms with Gasteiger partial charge >= 0.3 is 0 Å². The van der Waals surface area contributed by atoms with Gasteiger partial charge in [0.2, 0.25) is 5.78 Å². The molecule has 7 heteroatoms. The van der Waals surface area contributed by atoms with Gasteiger partial charge < -0.3 is 14.7 Å². The van der Waals surface area contributed by atoms with Gasteiger partial charge in [0.15, 0.2) is 5.76 Å². The first-order valence-electron chi connectivity index (χ1n) is 11.9. The van der Waals surface area contributed by atoms with Crippen LogP contribution in [0, 0.1) is 6.92 Å². The van der Waals surface area contributed by atoms with Gasteiger partial charge in [-0.25, -0.2) is 4.98 Å². The number of para-hydroxylation sites is 1. The minimum Gasteiger partial charge on any atom is -0.503 e. The van der Waals surface area contributed by atoms with Crippen molar-refractivity contribution >= 4 is 23.0 Å². The lowest BCUT2D eigenvalue weighted by Crippen LogP contribution is -2.32. The molecule has 4 rings (SSSR count). The molecule has 0 saturated heterocycles. The van der Waals surface area contributed by atoms with Crippen molar-refractivity contribution in [2.24, 2.45) is 0 Å². The van der Waals surface area contributed by atoms with Crippen LogP contribution in [0.2, 0.25) is 0 Å². The van der Waals surface area contributed by atoms with Gasteiger partial charge in [-0.3, -0.25) is 9.59 Å². The summed E-state index contributed by atoms with van der Waals surface area (Å²) >= 11 is 1.27. The van der Waals surface area contributed by atoms with Crippen molar-refractivity contribution in [3.05, 3.63) is 82.1 Å². The SMILES string of the molecule is CCCCN1C(=O)C(O)=C(C(=O)c2sc(-c3ccccc3)nc2C)C1c1ccccc1OC(C)C. The second-order valence-corrected chi connectivity index (χ2v) is 9.85. The summed E-state index contributed by atoms with van der Waals surface area (Å²) in [5.41, 5.74) is 2.25. The third-order valence-corrected chi connectivity index (χ3v) is 7.11. The molecular weight excluding hydrogens is 460 g/mol. The number of aromatic nitrogens is 1. The molecule has 1 amide bonds. The Morgan fingerprint density at radius 2 is 1.83 bits per heavy atom. The number of carbonyl (C=O) groups excluding carboxylic acids is 2. The Hall–Kier alpha value is -3.45. The van der Waals surface area contributed by atoms with Gasteiger partial charge in [-0.1, -0.05) is 61.9 Å². The number of Topliss-reactive ketones (excluding diaryl/α,β-unsaturated/α-hetero) is 1. The Morgan fingerprint density at radius 3 is 2.51 bits per heavy atom. The van der Waals surface area contributed by atoms with Crippen molar-refractivity contribution in [2.75, 3.05) is 6.54 Å². The summed E-state index contributed by atoms with van der Waals surface area (Å²) in [6.07, 6.45) is 1.53. The molecule has 1 aliphatic heterocycles. The van der Waals surface area contributed by atoms with E-state index in [4.69, 9.17) is 4.74 Å². The van der Waals surface area contributed by atoms with Crippen molar-refractivity contribution in [3.8, 4) is 16.3 Å². The second kappa shape index (κ2) is 10.4. The van der Waals surface area contributed by atoms with Crippen molar-refractivity contribution < 1.29 is 19.4 Å². The fourth-order valence-corrected chi connectivity index (χ4v) is 5.30. The van der Waals surface area contributed by atoms with E-state index in [-0.39, 0.29) is 17.5 Å². The van der Waals surface area contributed by atoms with Crippen molar-refractivity contribution in [1.29, 1.82) is 0 Å². The quantitative estimate of drug-likeness (QED) is 0.357. The highest BCUT2D eigenvalue weighted by molar-refractivity contribution is 7.17. The van der Waals surface area contributed by atoms with Crippen molar-refractivity contribution in [1.82, 2.24) is 9.88 Å². The average Bonchev–Trinajstić information content (AvgIpc) is 3.35. The highest BCUT2D eigenvalue weighted by Crippen LogP contribution is 2.44. The molecule has 2 aromatic carbocycles. The molecule has 2 heterocycles. The normalized spacial score (nSPS) is 15.9. The van der Waals surface area contributed by atoms with Crippen LogP contribution in [-0.4, -0.2) is 39.3 Å². The monoisotopic (exact) mass is 490 g/mol. The van der Waals surface area contributed by atoms with Gasteiger partial charge in [-0.05, 0) is 33.3 Å². The van der Waals surface area contributed by atoms with Gasteiger partial charge in [0.25, 0.3) is 5.91 Å². The van der Waals surface area contributed by atoms with Crippen LogP contribution in [0.3, 0.4) is 0 Å². The molecule has 0 fully saturated rings. The number of aliphatic hydroxyl groups is 1. The number of aliphatic hydroxyl groups excluding tert-OH is 1. The summed E-state index contributed by atoms with van der Waals surface area (Å²) in [4.78, 5) is 33.8. The maximum Gasteiger partial charge on any atom is 0.290 e. The van der Waals surface area contributed by atoms with E-state index in [0.29, 0.717) is 28.4 Å². The van der Waals surface area contributed by atoms with Crippen LogP contribution in [0.5, 0.6) is 5.75 Å². The lowest BCUT2D eigenvalue weighted by atomic mass is 9.94. The van der Waals surface area contributed by atoms with E-state index in [0.717, 1.165) is 23.4 Å². The van der Waals surface area contributed by atoms with Crippen LogP contribution in [-0.2, 0) is 4.79 Å². The lowest BCUT2D eigenvalue weighted by molar-refractivity contribution is -0.129. The van der Waals surface area contributed by atoms with E-state index in [1.165, 1.54) is 11.3 Å². The number of unbranched alkanes of at least 4 members (excludes halogenated alkanes) is 1. The summed E-state index contributed by atoms with van der Waals surface area (Å²) in [5, 5.41) is 11.7. The zero-order valence-electron chi connectivity index (χ0n) is 20.4. The molecule has 1 N–H and O–H groups in total. The summed E-state index contributed by atoms with van der Waals surface area (Å²) in [6.45, 7) is 8.10. The molecule has 6 nitrogen and oxygen atoms in total. The molecular formula is C28H30N2O4S. The highest BCUT2D eigenvalue weighted by atomic mass is 32.1. The van der Waals surface area contributed by atoms with Crippen LogP contribution in [0.1, 0.15) is 60.6 Å². The Balaban J connectivity index is 1.81. The Kier molecular flexibility index (Phi) is 7.36. The number of aryl methyl sites for hydroxylation is 1. The molecule has 1 atom stereocenters. The lowest BCUT2D eigenvalue weighted by Gasteiger charge is -2.28. The number of hydrogen-bond acceptors (Lipinski definition) is 6. The number of rotatable bonds is 9. The third-order valence-electron chi connectivity index (χ3n) is 5.90. The van der Waals surface area contributed by atoms with Crippen LogP contribution < -0.4 is 4.74 Å². The Labute approximate surface area is 209 Å². The summed E-state index contributed by atoms with van der Waals surface area (Å²) < 4.78 is 6.04. The number of hydrogen-bond donors (Lipinski definition) is 1. The summed E-state index contributed by atoms with van der Waals surface area (Å²) in [7, 11) is 0. The number of benzene rings is 2. The number of carbonyl (C=O) groups is 2. The maximum absolute atomic E-state index is 13.9. The fraction of sp³-hybridized carbons (Fsp3) is 0.321. The number of nitrogens with zero attached hydrogens (tertiary/aromatic N) is 2. The fourth-order valence-electron chi connectivity index (χ4n) is 4.27. The number of amides is 1. The minimum atomic E-state index is -0.738. The predicted molar refractivity (Wildman–Crippen MR) is 138 cm³/mol. The van der Waals surface area contributed by atoms with E-state index in [1.807, 2.05) is 75.4 Å². The Bertz CT molecular complexity index is 1260. The second-order valence-electron chi connectivity index (χ2n) is 8.85. The predicted octanol–water partition coefficient (Wildman–Crippen LogP) is 6.28. The van der Waals surface area contributed by atoms with E-state index < -0.39 is 17.7 Å². The number of ketones is 1. The van der Waals surface area contributed by atoms with E-state index in [9.17, 15) is 14.7 Å². The molecule has 1 aromatic heterocycles. The van der Waals surface area contributed by atoms with Crippen LogP contribution in [0.4, 0.5) is 0 Å². The van der Waals surface area contributed by atoms with E-state index >= 15 is 0 Å². The first-order valence-corrected chi connectivity index (χ1v) is 12.7. The molecule has 0 saturated carbocycles. The maximum atomic E-state index is 13.9. The molecule has 1 unspecified atom stereocenters. The average molecular weight is 491 g/mol. The molecule has 0 aliphatic carbocycles. The first-order chi connectivity index (χ1) is 16.8. The van der Waals surface area contributed by atoms with Gasteiger partial charge in [-0.2, -0.15) is 0 Å². The third kappa shape index (κ3) is 4.86. The van der Waals surface area contributed by atoms with Crippen molar-refractivity contribution in [2.45, 2.75) is 52.7 Å². The summed E-state index contributed by atoms with van der Waals surface area (Å²) in [5.74, 6) is -0.815. The van der Waals surface area contributed by atoms with Crippen LogP contribution in [0.15, 0.2) is 65.9 Å². The molecule has 0 bridgehead atoms. The molecule has 35 heavy (non-hydrogen) atoms. The molecule has 0 radical (unpaired) electrons. The number of thiazole rings is 1. The van der Waals surface area contributed by atoms with Crippen LogP contribution in [0.25, 0.3) is 10.6 Å². The standard InChI is InChI=1S/C28H30N2O4S/c1-5-6-16-30-23(20-14-10-11-15-21(20)34-17(2)3)22(25(32)28(30)33)24(31)26-18(4)29-27(35-26)19-12-8-7-9-13-19/h7-15,17,23,32H,5-6,16H2,1-4H3. The van der Waals surface area contributed by atoms with E-state index in [2.05, 4.69) is 4.98 Å². The van der Waals surface area contributed by atoms with Gasteiger partial charge in [0.05, 0.1) is 28.3 Å². The van der Waals surface area contributed by atoms with Crippen LogP contribution >= 0.6 is 11.3 Å². The zero-order chi connectivity index (χ0) is 25.1. The van der Waals surface area contributed by atoms with Crippen molar-refractivity contribution in [3.63, 3.8) is 0 Å². The molecule has 182 valence electrons. The smallest absolute Gasteiger partial charge is 0.290 e. The zero-order valence-corrected chi connectivity index (χ0v) is 21.3. The minimum absolute atomic E-state index is 0.0808. The topological polar surface area (TPSA) is 79.7 Å². The number of ether oxygens (including phenoxy) is 1. The largest absolute Gasteiger partial charge is 0.503 e. The highest BCUT2D eigenvalue weighted by Gasteiger charge is 2.45. The van der Waals surface area contributed by atoms with Gasteiger partial charge in [0.1, 0.15) is 10.8 Å². The first kappa shape index (κ1) is 24.7. The summed E-state index contributed by atoms with van der Waals surface area (Å²) in [6, 6.07) is 16.3. The van der Waals surface area contributed by atoms with Gasteiger partial charge in [-0.15, -0.1) is 11.3 Å². The molecule has 1 aliphatic rings. The van der Waals surface area contributed by atoms with E-state index in [1.54, 1.807) is 11.8 Å². The van der Waals surface area contributed by atoms with Gasteiger partial charge in [0, 0.05) is 17.7 Å². The Morgan fingerprint density at radius 1 is 1.14 bits per heavy atom. The molecule has 3 aromatic rings. The molecule has 0 spiro atoms.